The third kappa shape index (κ3) is 3.65. The molecule has 2 N–H and O–H groups in total. The summed E-state index contributed by atoms with van der Waals surface area (Å²) < 4.78 is 6.01. The van der Waals surface area contributed by atoms with Gasteiger partial charge in [-0.3, -0.25) is 4.79 Å². The van der Waals surface area contributed by atoms with Gasteiger partial charge in [-0.25, -0.2) is 4.98 Å². The Balaban J connectivity index is 2.08. The first-order chi connectivity index (χ1) is 9.63. The van der Waals surface area contributed by atoms with E-state index in [9.17, 15) is 4.79 Å². The molecule has 0 spiro atoms. The highest BCUT2D eigenvalue weighted by atomic mass is 79.9. The molecule has 0 fully saturated rings. The van der Waals surface area contributed by atoms with Gasteiger partial charge in [-0.15, -0.1) is 11.3 Å². The van der Waals surface area contributed by atoms with Crippen LogP contribution in [0, 0.1) is 0 Å². The van der Waals surface area contributed by atoms with E-state index >= 15 is 0 Å². The van der Waals surface area contributed by atoms with Crippen LogP contribution in [0.2, 0.25) is 0 Å². The van der Waals surface area contributed by atoms with Gasteiger partial charge in [0.15, 0.2) is 5.78 Å². The molecule has 0 aliphatic rings. The van der Waals surface area contributed by atoms with Crippen LogP contribution in [0.5, 0.6) is 5.75 Å². The van der Waals surface area contributed by atoms with Gasteiger partial charge in [-0.1, -0.05) is 6.07 Å². The van der Waals surface area contributed by atoms with Gasteiger partial charge in [0.25, 0.3) is 0 Å². The number of halogens is 1. The summed E-state index contributed by atoms with van der Waals surface area (Å²) in [5.74, 6) is 0.765. The first-order valence-electron chi connectivity index (χ1n) is 6.14. The molecule has 0 atom stereocenters. The molecule has 0 saturated carbocycles. The van der Waals surface area contributed by atoms with E-state index in [0.717, 1.165) is 20.8 Å². The average molecular weight is 355 g/mol. The van der Waals surface area contributed by atoms with E-state index in [4.69, 9.17) is 10.5 Å². The van der Waals surface area contributed by atoms with E-state index in [1.807, 2.05) is 18.2 Å². The Hall–Kier alpha value is -1.24. The number of carbonyl (C=O) groups excluding carboxylic acids is 1. The topological polar surface area (TPSA) is 65.2 Å². The highest BCUT2D eigenvalue weighted by molar-refractivity contribution is 9.10. The van der Waals surface area contributed by atoms with Crippen molar-refractivity contribution in [3.63, 3.8) is 0 Å². The maximum atomic E-state index is 12.2. The molecule has 2 rings (SSSR count). The van der Waals surface area contributed by atoms with Gasteiger partial charge in [0.2, 0.25) is 0 Å². The Morgan fingerprint density at radius 1 is 1.50 bits per heavy atom. The lowest BCUT2D eigenvalue weighted by molar-refractivity contribution is 0.0988. The van der Waals surface area contributed by atoms with E-state index < -0.39 is 0 Å². The molecule has 0 bridgehead atoms. The molecular formula is C14H15BrN2O2S. The van der Waals surface area contributed by atoms with E-state index in [2.05, 4.69) is 20.9 Å². The predicted octanol–water partition coefficient (Wildman–Crippen LogP) is 2.84. The summed E-state index contributed by atoms with van der Waals surface area (Å²) in [6, 6.07) is 5.62. The molecule has 2 aromatic rings. The van der Waals surface area contributed by atoms with Crippen LogP contribution in [-0.2, 0) is 12.8 Å². The zero-order chi connectivity index (χ0) is 14.5. The standard InChI is InChI=1S/C14H15BrN2O2S/c1-19-13-3-2-9(6-10(13)15)7-12(18)11-8-20-14(17-11)4-5-16/h2-3,6,8H,4-5,7,16H2,1H3. The fraction of sp³-hybridized carbons (Fsp3) is 0.286. The first-order valence-corrected chi connectivity index (χ1v) is 7.81. The lowest BCUT2D eigenvalue weighted by atomic mass is 10.1. The Kier molecular flexibility index (Phi) is 5.28. The SMILES string of the molecule is COc1ccc(CC(=O)c2csc(CCN)n2)cc1Br. The zero-order valence-corrected chi connectivity index (χ0v) is 13.5. The first kappa shape index (κ1) is 15.2. The number of thiazole rings is 1. The van der Waals surface area contributed by atoms with Crippen LogP contribution in [-0.4, -0.2) is 24.4 Å². The van der Waals surface area contributed by atoms with Gasteiger partial charge in [-0.2, -0.15) is 0 Å². The molecule has 6 heteroatoms. The minimum atomic E-state index is 0.0154. The molecule has 106 valence electrons. The predicted molar refractivity (Wildman–Crippen MR) is 83.6 cm³/mol. The summed E-state index contributed by atoms with van der Waals surface area (Å²) in [6.07, 6.45) is 1.04. The molecule has 1 aromatic heterocycles. The summed E-state index contributed by atoms with van der Waals surface area (Å²) in [4.78, 5) is 16.5. The molecule has 4 nitrogen and oxygen atoms in total. The number of nitrogens with zero attached hydrogens (tertiary/aromatic N) is 1. The van der Waals surface area contributed by atoms with Gasteiger partial charge in [-0.05, 0) is 40.2 Å². The second-order valence-electron chi connectivity index (χ2n) is 4.23. The smallest absolute Gasteiger partial charge is 0.186 e. The Labute approximate surface area is 130 Å². The molecular weight excluding hydrogens is 340 g/mol. The molecule has 0 saturated heterocycles. The summed E-state index contributed by atoms with van der Waals surface area (Å²) >= 11 is 4.90. The summed E-state index contributed by atoms with van der Waals surface area (Å²) in [5, 5.41) is 2.71. The average Bonchev–Trinajstić information content (AvgIpc) is 2.88. The molecule has 20 heavy (non-hydrogen) atoms. The van der Waals surface area contributed by atoms with Crippen molar-refractivity contribution in [1.82, 2.24) is 4.98 Å². The number of hydrogen-bond acceptors (Lipinski definition) is 5. The summed E-state index contributed by atoms with van der Waals surface area (Å²) in [5.41, 5.74) is 6.92. The second-order valence-corrected chi connectivity index (χ2v) is 6.03. The number of benzene rings is 1. The summed E-state index contributed by atoms with van der Waals surface area (Å²) in [7, 11) is 1.61. The number of ketones is 1. The van der Waals surface area contributed by atoms with Crippen LogP contribution in [0.25, 0.3) is 0 Å². The number of carbonyl (C=O) groups is 1. The fourth-order valence-corrected chi connectivity index (χ4v) is 3.18. The monoisotopic (exact) mass is 354 g/mol. The Bertz CT molecular complexity index is 613. The molecule has 1 aromatic carbocycles. The largest absolute Gasteiger partial charge is 0.496 e. The lowest BCUT2D eigenvalue weighted by Gasteiger charge is -2.05. The quantitative estimate of drug-likeness (QED) is 0.810. The number of aromatic nitrogens is 1. The fourth-order valence-electron chi connectivity index (χ4n) is 1.77. The number of rotatable bonds is 6. The van der Waals surface area contributed by atoms with Gasteiger partial charge in [0.1, 0.15) is 11.4 Å². The minimum Gasteiger partial charge on any atom is -0.496 e. The second kappa shape index (κ2) is 6.97. The molecule has 1 heterocycles. The normalized spacial score (nSPS) is 10.6. The van der Waals surface area contributed by atoms with Crippen molar-refractivity contribution in [2.75, 3.05) is 13.7 Å². The van der Waals surface area contributed by atoms with E-state index in [1.165, 1.54) is 11.3 Å². The highest BCUT2D eigenvalue weighted by Crippen LogP contribution is 2.26. The number of ether oxygens (including phenoxy) is 1. The van der Waals surface area contributed by atoms with Gasteiger partial charge in [0, 0.05) is 18.2 Å². The van der Waals surface area contributed by atoms with Crippen molar-refractivity contribution in [3.05, 3.63) is 44.3 Å². The minimum absolute atomic E-state index is 0.0154. The van der Waals surface area contributed by atoms with Crippen LogP contribution in [0.15, 0.2) is 28.1 Å². The van der Waals surface area contributed by atoms with Crippen LogP contribution < -0.4 is 10.5 Å². The molecule has 0 amide bonds. The summed E-state index contributed by atoms with van der Waals surface area (Å²) in [6.45, 7) is 0.548. The van der Waals surface area contributed by atoms with Crippen LogP contribution in [0.4, 0.5) is 0 Å². The highest BCUT2D eigenvalue weighted by Gasteiger charge is 2.12. The maximum absolute atomic E-state index is 12.2. The van der Waals surface area contributed by atoms with E-state index in [0.29, 0.717) is 25.1 Å². The van der Waals surface area contributed by atoms with Crippen LogP contribution in [0.3, 0.4) is 0 Å². The van der Waals surface area contributed by atoms with Gasteiger partial charge in [0.05, 0.1) is 16.6 Å². The van der Waals surface area contributed by atoms with Crippen molar-refractivity contribution < 1.29 is 9.53 Å². The van der Waals surface area contributed by atoms with Crippen LogP contribution in [0.1, 0.15) is 21.1 Å². The third-order valence-corrected chi connectivity index (χ3v) is 4.30. The molecule has 0 radical (unpaired) electrons. The van der Waals surface area contributed by atoms with Crippen molar-refractivity contribution in [2.24, 2.45) is 5.73 Å². The maximum Gasteiger partial charge on any atom is 0.186 e. The number of nitrogens with two attached hydrogens (primary N) is 1. The van der Waals surface area contributed by atoms with E-state index in [1.54, 1.807) is 12.5 Å². The molecule has 0 aliphatic heterocycles. The van der Waals surface area contributed by atoms with Gasteiger partial charge < -0.3 is 10.5 Å². The number of methoxy groups -OCH3 is 1. The van der Waals surface area contributed by atoms with Gasteiger partial charge >= 0.3 is 0 Å². The third-order valence-electron chi connectivity index (χ3n) is 2.78. The van der Waals surface area contributed by atoms with E-state index in [-0.39, 0.29) is 5.78 Å². The number of hydrogen-bond donors (Lipinski definition) is 1. The zero-order valence-electron chi connectivity index (χ0n) is 11.1. The Morgan fingerprint density at radius 3 is 2.95 bits per heavy atom. The van der Waals surface area contributed by atoms with Crippen LogP contribution >= 0.6 is 27.3 Å². The molecule has 0 unspecified atom stereocenters. The number of Topliss-reactive ketones (excluding diaryl/α,β-unsaturated/α-hetero) is 1. The van der Waals surface area contributed by atoms with Crippen molar-refractivity contribution in [3.8, 4) is 5.75 Å². The van der Waals surface area contributed by atoms with Crippen molar-refractivity contribution in [2.45, 2.75) is 12.8 Å². The van der Waals surface area contributed by atoms with Crippen molar-refractivity contribution in [1.29, 1.82) is 0 Å². The Morgan fingerprint density at radius 2 is 2.30 bits per heavy atom. The lowest BCUT2D eigenvalue weighted by Crippen LogP contribution is -2.06. The van der Waals surface area contributed by atoms with Crippen molar-refractivity contribution >= 4 is 33.0 Å². The molecule has 0 aliphatic carbocycles.